The fourth-order valence-electron chi connectivity index (χ4n) is 3.41. The highest BCUT2D eigenvalue weighted by Crippen LogP contribution is 2.41. The summed E-state index contributed by atoms with van der Waals surface area (Å²) in [6.45, 7) is 9.99. The molecule has 0 amide bonds. The Morgan fingerprint density at radius 1 is 1.15 bits per heavy atom. The highest BCUT2D eigenvalue weighted by molar-refractivity contribution is 5.18. The van der Waals surface area contributed by atoms with Gasteiger partial charge in [0.05, 0.1) is 6.07 Å². The summed E-state index contributed by atoms with van der Waals surface area (Å²) in [4.78, 5) is 5.05. The average molecular weight is 276 g/mol. The van der Waals surface area contributed by atoms with Crippen molar-refractivity contribution in [1.82, 2.24) is 15.1 Å². The molecule has 0 aromatic heterocycles. The van der Waals surface area contributed by atoms with Crippen LogP contribution in [0.15, 0.2) is 0 Å². The summed E-state index contributed by atoms with van der Waals surface area (Å²) in [5.41, 5.74) is -0.263. The van der Waals surface area contributed by atoms with Gasteiger partial charge in [-0.2, -0.15) is 5.26 Å². The van der Waals surface area contributed by atoms with Crippen LogP contribution < -0.4 is 5.32 Å². The number of hydrogen-bond donors (Lipinski definition) is 1. The Bertz CT molecular complexity index is 372. The third-order valence-corrected chi connectivity index (χ3v) is 5.12. The van der Waals surface area contributed by atoms with Crippen molar-refractivity contribution >= 4 is 0 Å². The van der Waals surface area contributed by atoms with Crippen molar-refractivity contribution in [3.63, 3.8) is 0 Å². The Morgan fingerprint density at radius 2 is 1.80 bits per heavy atom. The molecular formula is C16H28N4. The molecule has 1 N–H and O–H groups in total. The van der Waals surface area contributed by atoms with Gasteiger partial charge in [0.2, 0.25) is 0 Å². The molecule has 1 atom stereocenters. The molecule has 0 spiro atoms. The minimum Gasteiger partial charge on any atom is -0.298 e. The van der Waals surface area contributed by atoms with Gasteiger partial charge in [-0.3, -0.25) is 15.1 Å². The second-order valence-electron chi connectivity index (χ2n) is 7.18. The summed E-state index contributed by atoms with van der Waals surface area (Å²) in [5, 5.41) is 13.5. The van der Waals surface area contributed by atoms with E-state index in [1.807, 2.05) is 0 Å². The van der Waals surface area contributed by atoms with Crippen LogP contribution in [0.3, 0.4) is 0 Å². The molecule has 0 aromatic rings. The summed E-state index contributed by atoms with van der Waals surface area (Å²) in [6.07, 6.45) is 4.99. The largest absolute Gasteiger partial charge is 0.298 e. The Labute approximate surface area is 123 Å². The third-order valence-electron chi connectivity index (χ3n) is 5.12. The van der Waals surface area contributed by atoms with Crippen LogP contribution in [0, 0.1) is 17.2 Å². The molecule has 2 saturated carbocycles. The quantitative estimate of drug-likeness (QED) is 0.797. The Kier molecular flexibility index (Phi) is 4.03. The minimum atomic E-state index is -0.263. The lowest BCUT2D eigenvalue weighted by Crippen LogP contribution is -2.59. The summed E-state index contributed by atoms with van der Waals surface area (Å²) in [5.74, 6) is 0.594. The van der Waals surface area contributed by atoms with Crippen molar-refractivity contribution in [2.24, 2.45) is 5.92 Å². The van der Waals surface area contributed by atoms with E-state index in [2.05, 4.69) is 35.0 Å². The van der Waals surface area contributed by atoms with Crippen LogP contribution in [-0.4, -0.2) is 60.1 Å². The van der Waals surface area contributed by atoms with Crippen LogP contribution >= 0.6 is 0 Å². The maximum absolute atomic E-state index is 9.78. The van der Waals surface area contributed by atoms with Gasteiger partial charge in [-0.15, -0.1) is 0 Å². The van der Waals surface area contributed by atoms with Gasteiger partial charge in [-0.05, 0) is 45.4 Å². The summed E-state index contributed by atoms with van der Waals surface area (Å²) >= 11 is 0. The van der Waals surface area contributed by atoms with E-state index in [0.717, 1.165) is 32.7 Å². The number of piperazine rings is 1. The fourth-order valence-corrected chi connectivity index (χ4v) is 3.41. The lowest BCUT2D eigenvalue weighted by molar-refractivity contribution is 0.0885. The van der Waals surface area contributed by atoms with E-state index in [4.69, 9.17) is 0 Å². The summed E-state index contributed by atoms with van der Waals surface area (Å²) in [6, 6.07) is 3.93. The van der Waals surface area contributed by atoms with Crippen molar-refractivity contribution in [2.75, 3.05) is 32.7 Å². The minimum absolute atomic E-state index is 0.263. The number of nitrogens with one attached hydrogen (secondary N) is 1. The average Bonchev–Trinajstić information content (AvgIpc) is 3.31. The molecule has 1 saturated heterocycles. The maximum atomic E-state index is 9.78. The molecule has 112 valence electrons. The number of rotatable bonds is 6. The molecule has 0 radical (unpaired) electrons. The SMILES string of the molecule is CC(C)N1CCN(CC(C#N)(NC2CC2)C2CC2)CC1. The van der Waals surface area contributed by atoms with Crippen LogP contribution in [0.25, 0.3) is 0 Å². The smallest absolute Gasteiger partial charge is 0.122 e. The third kappa shape index (κ3) is 3.16. The topological polar surface area (TPSA) is 42.3 Å². The highest BCUT2D eigenvalue weighted by Gasteiger charge is 2.49. The maximum Gasteiger partial charge on any atom is 0.122 e. The zero-order valence-corrected chi connectivity index (χ0v) is 12.9. The second-order valence-corrected chi connectivity index (χ2v) is 7.18. The first-order valence-corrected chi connectivity index (χ1v) is 8.28. The highest BCUT2D eigenvalue weighted by atomic mass is 15.3. The summed E-state index contributed by atoms with van der Waals surface area (Å²) in [7, 11) is 0. The predicted molar refractivity (Wildman–Crippen MR) is 80.4 cm³/mol. The zero-order valence-electron chi connectivity index (χ0n) is 12.9. The molecule has 1 unspecified atom stereocenters. The van der Waals surface area contributed by atoms with Gasteiger partial charge < -0.3 is 0 Å². The number of nitriles is 1. The van der Waals surface area contributed by atoms with E-state index in [9.17, 15) is 5.26 Å². The van der Waals surface area contributed by atoms with E-state index in [-0.39, 0.29) is 5.54 Å². The van der Waals surface area contributed by atoms with Gasteiger partial charge in [0.25, 0.3) is 0 Å². The van der Waals surface area contributed by atoms with Gasteiger partial charge in [0.1, 0.15) is 5.54 Å². The predicted octanol–water partition coefficient (Wildman–Crippen LogP) is 1.44. The number of hydrogen-bond acceptors (Lipinski definition) is 4. The molecule has 2 aliphatic carbocycles. The Morgan fingerprint density at radius 3 is 2.25 bits per heavy atom. The standard InChI is InChI=1S/C16H28N4/c1-13(2)20-9-7-19(8-10-20)12-16(11-17,14-3-4-14)18-15-5-6-15/h13-15,18H,3-10,12H2,1-2H3. The molecule has 20 heavy (non-hydrogen) atoms. The van der Waals surface area contributed by atoms with Crippen LogP contribution in [0.4, 0.5) is 0 Å². The lowest BCUT2D eigenvalue weighted by Gasteiger charge is -2.41. The zero-order chi connectivity index (χ0) is 14.2. The molecule has 3 aliphatic rings. The molecule has 1 aliphatic heterocycles. The fraction of sp³-hybridized carbons (Fsp3) is 0.938. The van der Waals surface area contributed by atoms with Crippen molar-refractivity contribution in [1.29, 1.82) is 5.26 Å². The molecule has 1 heterocycles. The van der Waals surface area contributed by atoms with E-state index >= 15 is 0 Å². The second kappa shape index (κ2) is 5.63. The number of nitrogens with zero attached hydrogens (tertiary/aromatic N) is 3. The van der Waals surface area contributed by atoms with E-state index < -0.39 is 0 Å². The van der Waals surface area contributed by atoms with Crippen LogP contribution in [0.5, 0.6) is 0 Å². The Hall–Kier alpha value is -0.630. The molecule has 3 fully saturated rings. The van der Waals surface area contributed by atoms with Crippen LogP contribution in [0.1, 0.15) is 39.5 Å². The van der Waals surface area contributed by atoms with E-state index in [1.54, 1.807) is 0 Å². The van der Waals surface area contributed by atoms with Crippen molar-refractivity contribution in [3.8, 4) is 6.07 Å². The van der Waals surface area contributed by atoms with Gasteiger partial charge in [0, 0.05) is 44.8 Å². The Balaban J connectivity index is 1.58. The van der Waals surface area contributed by atoms with Crippen molar-refractivity contribution in [2.45, 2.75) is 57.2 Å². The molecule has 4 nitrogen and oxygen atoms in total. The first-order chi connectivity index (χ1) is 9.63. The van der Waals surface area contributed by atoms with Gasteiger partial charge in [-0.1, -0.05) is 0 Å². The lowest BCUT2D eigenvalue weighted by atomic mass is 9.93. The van der Waals surface area contributed by atoms with Crippen LogP contribution in [-0.2, 0) is 0 Å². The van der Waals surface area contributed by atoms with E-state index in [0.29, 0.717) is 18.0 Å². The van der Waals surface area contributed by atoms with Crippen LogP contribution in [0.2, 0.25) is 0 Å². The molecular weight excluding hydrogens is 248 g/mol. The van der Waals surface area contributed by atoms with Crippen molar-refractivity contribution < 1.29 is 0 Å². The monoisotopic (exact) mass is 276 g/mol. The van der Waals surface area contributed by atoms with Crippen molar-refractivity contribution in [3.05, 3.63) is 0 Å². The molecule has 3 rings (SSSR count). The van der Waals surface area contributed by atoms with E-state index in [1.165, 1.54) is 25.7 Å². The summed E-state index contributed by atoms with van der Waals surface area (Å²) < 4.78 is 0. The first kappa shape index (κ1) is 14.3. The molecule has 0 bridgehead atoms. The molecule has 0 aromatic carbocycles. The molecule has 4 heteroatoms. The first-order valence-electron chi connectivity index (χ1n) is 8.28. The normalized spacial score (nSPS) is 28.3. The van der Waals surface area contributed by atoms with Gasteiger partial charge >= 0.3 is 0 Å². The van der Waals surface area contributed by atoms with Gasteiger partial charge in [0.15, 0.2) is 0 Å². The van der Waals surface area contributed by atoms with Gasteiger partial charge in [-0.25, -0.2) is 0 Å².